The molecule has 0 fully saturated rings. The van der Waals surface area contributed by atoms with E-state index in [1.807, 2.05) is 6.07 Å². The number of rotatable bonds is 1. The smallest absolute Gasteiger partial charge is 0.0539 e. The van der Waals surface area contributed by atoms with Gasteiger partial charge in [0.1, 0.15) is 0 Å². The van der Waals surface area contributed by atoms with Crippen LogP contribution in [0.15, 0.2) is 59.2 Å². The highest BCUT2D eigenvalue weighted by atomic mass is 127. The number of nitrogens with zero attached hydrogens (tertiary/aromatic N) is 1. The van der Waals surface area contributed by atoms with Crippen LogP contribution >= 0.6 is 38.5 Å². The fourth-order valence-corrected chi connectivity index (χ4v) is 2.75. The van der Waals surface area contributed by atoms with Crippen LogP contribution in [0, 0.1) is 3.57 Å². The monoisotopic (exact) mass is 397 g/mol. The number of fused-ring (bicyclic) bond motifs is 1. The van der Waals surface area contributed by atoms with E-state index in [1.54, 1.807) is 0 Å². The van der Waals surface area contributed by atoms with Gasteiger partial charge in [0.15, 0.2) is 0 Å². The third kappa shape index (κ3) is 2.02. The Kier molecular flexibility index (Phi) is 2.96. The summed E-state index contributed by atoms with van der Waals surface area (Å²) in [5, 5.41) is 1.25. The van der Waals surface area contributed by atoms with Crippen molar-refractivity contribution in [1.82, 2.24) is 4.57 Å². The predicted molar refractivity (Wildman–Crippen MR) is 83.7 cm³/mol. The summed E-state index contributed by atoms with van der Waals surface area (Å²) >= 11 is 5.91. The van der Waals surface area contributed by atoms with Crippen molar-refractivity contribution in [3.05, 3.63) is 62.8 Å². The predicted octanol–water partition coefficient (Wildman–Crippen LogP) is 5.00. The Hall–Kier alpha value is -0.810. The van der Waals surface area contributed by atoms with Gasteiger partial charge in [-0.1, -0.05) is 18.2 Å². The average Bonchev–Trinajstić information content (AvgIpc) is 2.74. The van der Waals surface area contributed by atoms with Crippen LogP contribution in [0.2, 0.25) is 0 Å². The van der Waals surface area contributed by atoms with E-state index in [0.717, 1.165) is 4.47 Å². The van der Waals surface area contributed by atoms with Crippen LogP contribution in [0.25, 0.3) is 16.6 Å². The summed E-state index contributed by atoms with van der Waals surface area (Å²) in [6, 6.07) is 16.9. The Morgan fingerprint density at radius 1 is 1.00 bits per heavy atom. The Labute approximate surface area is 122 Å². The summed E-state index contributed by atoms with van der Waals surface area (Å²) < 4.78 is 4.59. The summed E-state index contributed by atoms with van der Waals surface area (Å²) in [6.45, 7) is 0. The molecule has 0 unspecified atom stereocenters. The molecule has 0 aliphatic heterocycles. The third-order valence-corrected chi connectivity index (χ3v) is 5.06. The van der Waals surface area contributed by atoms with Gasteiger partial charge in [0, 0.05) is 25.3 Å². The second-order valence-electron chi connectivity index (χ2n) is 3.85. The third-order valence-electron chi connectivity index (χ3n) is 2.77. The normalized spacial score (nSPS) is 10.9. The molecule has 84 valence electrons. The van der Waals surface area contributed by atoms with Gasteiger partial charge in [0.05, 0.1) is 5.52 Å². The molecule has 3 rings (SSSR count). The van der Waals surface area contributed by atoms with E-state index in [1.165, 1.54) is 20.2 Å². The Morgan fingerprint density at radius 2 is 1.76 bits per heavy atom. The van der Waals surface area contributed by atoms with E-state index < -0.39 is 0 Å². The van der Waals surface area contributed by atoms with E-state index in [9.17, 15) is 0 Å². The van der Waals surface area contributed by atoms with Gasteiger partial charge in [0.2, 0.25) is 0 Å². The molecule has 1 heterocycles. The topological polar surface area (TPSA) is 4.93 Å². The quantitative estimate of drug-likeness (QED) is 0.509. The van der Waals surface area contributed by atoms with Crippen LogP contribution in [0.1, 0.15) is 0 Å². The lowest BCUT2D eigenvalue weighted by Gasteiger charge is -2.06. The number of benzene rings is 2. The number of aromatic nitrogens is 1. The number of hydrogen-bond donors (Lipinski definition) is 0. The highest BCUT2D eigenvalue weighted by molar-refractivity contribution is 14.1. The average molecular weight is 398 g/mol. The first-order chi connectivity index (χ1) is 8.25. The minimum Gasteiger partial charge on any atom is -0.317 e. The van der Waals surface area contributed by atoms with Crippen molar-refractivity contribution in [3.8, 4) is 5.69 Å². The van der Waals surface area contributed by atoms with Crippen molar-refractivity contribution in [1.29, 1.82) is 0 Å². The first kappa shape index (κ1) is 11.3. The van der Waals surface area contributed by atoms with Crippen LogP contribution < -0.4 is 0 Å². The lowest BCUT2D eigenvalue weighted by Crippen LogP contribution is -1.91. The molecule has 0 aliphatic carbocycles. The SMILES string of the molecule is Brc1cc2ccn(-c3ccccc3)c2cc1I. The maximum Gasteiger partial charge on any atom is 0.0539 e. The maximum atomic E-state index is 3.57. The van der Waals surface area contributed by atoms with Crippen molar-refractivity contribution >= 4 is 49.4 Å². The highest BCUT2D eigenvalue weighted by Crippen LogP contribution is 2.28. The largest absolute Gasteiger partial charge is 0.317 e. The van der Waals surface area contributed by atoms with Crippen LogP contribution in [-0.4, -0.2) is 4.57 Å². The maximum absolute atomic E-state index is 3.57. The summed E-state index contributed by atoms with van der Waals surface area (Å²) in [5.74, 6) is 0. The highest BCUT2D eigenvalue weighted by Gasteiger charge is 2.05. The zero-order chi connectivity index (χ0) is 11.8. The first-order valence-corrected chi connectivity index (χ1v) is 7.14. The zero-order valence-corrected chi connectivity index (χ0v) is 12.6. The first-order valence-electron chi connectivity index (χ1n) is 5.27. The molecule has 2 aromatic carbocycles. The molecule has 0 radical (unpaired) electrons. The van der Waals surface area contributed by atoms with Gasteiger partial charge >= 0.3 is 0 Å². The van der Waals surface area contributed by atoms with Crippen LogP contribution in [0.3, 0.4) is 0 Å². The molecule has 3 aromatic rings. The minimum absolute atomic E-state index is 1.15. The standard InChI is InChI=1S/C14H9BrIN/c15-12-8-10-6-7-17(14(10)9-13(12)16)11-4-2-1-3-5-11/h1-9H. The van der Waals surface area contributed by atoms with E-state index in [2.05, 4.69) is 91.7 Å². The summed E-state index contributed by atoms with van der Waals surface area (Å²) in [6.07, 6.45) is 2.11. The molecule has 0 saturated heterocycles. The lowest BCUT2D eigenvalue weighted by atomic mass is 10.2. The molecule has 0 saturated carbocycles. The summed E-state index contributed by atoms with van der Waals surface area (Å²) in [5.41, 5.74) is 2.43. The van der Waals surface area contributed by atoms with Gasteiger partial charge in [-0.05, 0) is 68.9 Å². The molecule has 0 aliphatic rings. The molecular formula is C14H9BrIN. The molecule has 0 bridgehead atoms. The van der Waals surface area contributed by atoms with Crippen LogP contribution in [0.5, 0.6) is 0 Å². The van der Waals surface area contributed by atoms with Crippen molar-refractivity contribution in [2.24, 2.45) is 0 Å². The van der Waals surface area contributed by atoms with Crippen molar-refractivity contribution in [3.63, 3.8) is 0 Å². The molecule has 1 aromatic heterocycles. The summed E-state index contributed by atoms with van der Waals surface area (Å²) in [7, 11) is 0. The fraction of sp³-hybridized carbons (Fsp3) is 0. The van der Waals surface area contributed by atoms with Gasteiger partial charge in [-0.3, -0.25) is 0 Å². The van der Waals surface area contributed by atoms with Gasteiger partial charge in [-0.2, -0.15) is 0 Å². The number of hydrogen-bond acceptors (Lipinski definition) is 0. The molecular weight excluding hydrogens is 389 g/mol. The van der Waals surface area contributed by atoms with Gasteiger partial charge in [-0.25, -0.2) is 0 Å². The van der Waals surface area contributed by atoms with Crippen molar-refractivity contribution < 1.29 is 0 Å². The van der Waals surface area contributed by atoms with Crippen LogP contribution in [0.4, 0.5) is 0 Å². The van der Waals surface area contributed by atoms with Gasteiger partial charge in [0.25, 0.3) is 0 Å². The van der Waals surface area contributed by atoms with E-state index in [-0.39, 0.29) is 0 Å². The Morgan fingerprint density at radius 3 is 2.53 bits per heavy atom. The van der Waals surface area contributed by atoms with E-state index >= 15 is 0 Å². The molecule has 0 amide bonds. The number of para-hydroxylation sites is 1. The number of halogens is 2. The minimum atomic E-state index is 1.15. The molecule has 0 spiro atoms. The Bertz CT molecular complexity index is 673. The van der Waals surface area contributed by atoms with Crippen molar-refractivity contribution in [2.75, 3.05) is 0 Å². The van der Waals surface area contributed by atoms with Crippen molar-refractivity contribution in [2.45, 2.75) is 0 Å². The zero-order valence-electron chi connectivity index (χ0n) is 8.90. The second-order valence-corrected chi connectivity index (χ2v) is 5.86. The second kappa shape index (κ2) is 4.46. The van der Waals surface area contributed by atoms with E-state index in [0.29, 0.717) is 0 Å². The van der Waals surface area contributed by atoms with Gasteiger partial charge < -0.3 is 4.57 Å². The van der Waals surface area contributed by atoms with Gasteiger partial charge in [-0.15, -0.1) is 0 Å². The summed E-state index contributed by atoms with van der Waals surface area (Å²) in [4.78, 5) is 0. The molecule has 0 atom stereocenters. The van der Waals surface area contributed by atoms with Crippen LogP contribution in [-0.2, 0) is 0 Å². The lowest BCUT2D eigenvalue weighted by molar-refractivity contribution is 1.13. The Balaban J connectivity index is 2.29. The molecule has 0 N–H and O–H groups in total. The molecule has 17 heavy (non-hydrogen) atoms. The fourth-order valence-electron chi connectivity index (χ4n) is 1.94. The molecule has 3 heteroatoms. The molecule has 1 nitrogen and oxygen atoms in total. The van der Waals surface area contributed by atoms with E-state index in [4.69, 9.17) is 0 Å².